The fraction of sp³-hybridized carbons (Fsp3) is 0.438. The van der Waals surface area contributed by atoms with Crippen molar-refractivity contribution < 1.29 is 18.8 Å². The monoisotopic (exact) mass is 380 g/mol. The molecule has 1 N–H and O–H groups in total. The number of hydrogen-bond donors (Lipinski definition) is 1. The molecule has 1 fully saturated rings. The molecule has 3 rings (SSSR count). The van der Waals surface area contributed by atoms with Crippen LogP contribution in [-0.2, 0) is 16.1 Å². The minimum absolute atomic E-state index is 0.0299. The van der Waals surface area contributed by atoms with E-state index < -0.39 is 0 Å². The molecule has 1 aromatic heterocycles. The molecular weight excluding hydrogens is 362 g/mol. The highest BCUT2D eigenvalue weighted by Crippen LogP contribution is 2.26. The van der Waals surface area contributed by atoms with Gasteiger partial charge in [0.15, 0.2) is 6.54 Å². The Kier molecular flexibility index (Phi) is 5.07. The molecule has 7 heteroatoms. The van der Waals surface area contributed by atoms with Crippen molar-refractivity contribution in [3.8, 4) is 11.5 Å². The van der Waals surface area contributed by atoms with E-state index >= 15 is 0 Å². The maximum atomic E-state index is 11.5. The number of quaternary nitrogens is 1. The summed E-state index contributed by atoms with van der Waals surface area (Å²) in [6, 6.07) is 7.77. The van der Waals surface area contributed by atoms with Gasteiger partial charge in [0.1, 0.15) is 0 Å². The number of halogens is 1. The van der Waals surface area contributed by atoms with Crippen molar-refractivity contribution in [1.82, 2.24) is 10.2 Å². The van der Waals surface area contributed by atoms with E-state index in [0.29, 0.717) is 18.3 Å². The number of methoxy groups -OCH3 is 1. The zero-order valence-corrected chi connectivity index (χ0v) is 14.5. The van der Waals surface area contributed by atoms with E-state index in [1.165, 1.54) is 12.0 Å². The largest absolute Gasteiger partial charge is 0.469 e. The molecule has 0 bridgehead atoms. The van der Waals surface area contributed by atoms with Crippen LogP contribution in [0.25, 0.3) is 11.5 Å². The minimum atomic E-state index is -0.0990. The zero-order valence-electron chi connectivity index (χ0n) is 12.9. The summed E-state index contributed by atoms with van der Waals surface area (Å²) in [5.74, 6) is 1.08. The van der Waals surface area contributed by atoms with Gasteiger partial charge in [0.2, 0.25) is 5.89 Å². The lowest BCUT2D eigenvalue weighted by molar-refractivity contribution is -0.920. The molecule has 1 saturated heterocycles. The van der Waals surface area contributed by atoms with Crippen molar-refractivity contribution in [3.63, 3.8) is 0 Å². The number of carbonyl (C=O) groups is 1. The Balaban J connectivity index is 1.60. The van der Waals surface area contributed by atoms with Gasteiger partial charge >= 0.3 is 5.97 Å². The van der Waals surface area contributed by atoms with Crippen molar-refractivity contribution in [2.45, 2.75) is 19.4 Å². The van der Waals surface area contributed by atoms with Gasteiger partial charge in [-0.05, 0) is 28.1 Å². The van der Waals surface area contributed by atoms with Crippen LogP contribution in [-0.4, -0.2) is 36.4 Å². The lowest BCUT2D eigenvalue weighted by Gasteiger charge is -2.26. The molecular formula is C16H19BrN3O3+. The second-order valence-corrected chi connectivity index (χ2v) is 6.56. The number of ether oxygens (including phenoxy) is 1. The maximum absolute atomic E-state index is 11.5. The molecule has 1 aliphatic rings. The highest BCUT2D eigenvalue weighted by molar-refractivity contribution is 9.10. The molecule has 122 valence electrons. The van der Waals surface area contributed by atoms with Gasteiger partial charge in [-0.15, -0.1) is 10.2 Å². The van der Waals surface area contributed by atoms with Crippen LogP contribution >= 0.6 is 15.9 Å². The minimum Gasteiger partial charge on any atom is -0.469 e. The topological polar surface area (TPSA) is 69.7 Å². The molecule has 0 radical (unpaired) electrons. The summed E-state index contributed by atoms with van der Waals surface area (Å²) in [4.78, 5) is 12.9. The van der Waals surface area contributed by atoms with Crippen molar-refractivity contribution in [1.29, 1.82) is 0 Å². The summed E-state index contributed by atoms with van der Waals surface area (Å²) < 4.78 is 11.5. The van der Waals surface area contributed by atoms with Gasteiger partial charge in [0, 0.05) is 17.3 Å². The maximum Gasteiger partial charge on any atom is 0.309 e. The zero-order chi connectivity index (χ0) is 16.2. The Hall–Kier alpha value is -1.73. The molecule has 0 spiro atoms. The Morgan fingerprint density at radius 1 is 1.35 bits per heavy atom. The third-order valence-corrected chi connectivity index (χ3v) is 4.89. The first-order valence-corrected chi connectivity index (χ1v) is 8.45. The molecule has 2 heterocycles. The van der Waals surface area contributed by atoms with E-state index in [1.807, 2.05) is 24.3 Å². The number of benzene rings is 1. The number of aromatic nitrogens is 2. The third kappa shape index (κ3) is 3.79. The predicted molar refractivity (Wildman–Crippen MR) is 86.6 cm³/mol. The van der Waals surface area contributed by atoms with Crippen molar-refractivity contribution >= 4 is 21.9 Å². The standard InChI is InChI=1S/C16H18BrN3O3/c1-22-16(21)11-6-8-20(9-7-11)10-14-18-19-15(23-14)12-4-2-3-5-13(12)17/h2-5,11H,6-10H2,1H3/p+1. The van der Waals surface area contributed by atoms with Crippen LogP contribution in [0.15, 0.2) is 33.2 Å². The predicted octanol–water partition coefficient (Wildman–Crippen LogP) is 1.47. The Morgan fingerprint density at radius 3 is 2.78 bits per heavy atom. The molecule has 1 aromatic carbocycles. The molecule has 0 amide bonds. The smallest absolute Gasteiger partial charge is 0.309 e. The third-order valence-electron chi connectivity index (χ3n) is 4.20. The first-order valence-electron chi connectivity index (χ1n) is 7.66. The Bertz CT molecular complexity index is 681. The summed E-state index contributed by atoms with van der Waals surface area (Å²) in [5.41, 5.74) is 0.894. The summed E-state index contributed by atoms with van der Waals surface area (Å²) in [6.07, 6.45) is 1.68. The molecule has 0 saturated carbocycles. The molecule has 0 atom stereocenters. The normalized spacial score (nSPS) is 21.1. The van der Waals surface area contributed by atoms with Crippen LogP contribution in [0.1, 0.15) is 18.7 Å². The van der Waals surface area contributed by atoms with Gasteiger partial charge in [-0.2, -0.15) is 0 Å². The van der Waals surface area contributed by atoms with E-state index in [9.17, 15) is 4.79 Å². The van der Waals surface area contributed by atoms with Crippen LogP contribution in [0.2, 0.25) is 0 Å². The summed E-state index contributed by atoms with van der Waals surface area (Å²) in [5, 5.41) is 8.28. The van der Waals surface area contributed by atoms with Crippen molar-refractivity contribution in [3.05, 3.63) is 34.6 Å². The van der Waals surface area contributed by atoms with Gasteiger partial charge in [0.05, 0.1) is 31.7 Å². The second kappa shape index (κ2) is 7.23. The van der Waals surface area contributed by atoms with Crippen LogP contribution in [0.3, 0.4) is 0 Å². The number of rotatable bonds is 4. The number of nitrogens with one attached hydrogen (secondary N) is 1. The quantitative estimate of drug-likeness (QED) is 0.813. The number of piperidine rings is 1. The molecule has 0 aliphatic carbocycles. The van der Waals surface area contributed by atoms with Crippen LogP contribution in [0.4, 0.5) is 0 Å². The highest BCUT2D eigenvalue weighted by atomic mass is 79.9. The second-order valence-electron chi connectivity index (χ2n) is 5.71. The number of nitrogens with zero attached hydrogens (tertiary/aromatic N) is 2. The fourth-order valence-corrected chi connectivity index (χ4v) is 3.34. The summed E-state index contributed by atoms with van der Waals surface area (Å²) in [6.45, 7) is 2.50. The molecule has 0 unspecified atom stereocenters. The first-order chi connectivity index (χ1) is 11.2. The van der Waals surface area contributed by atoms with E-state index in [2.05, 4.69) is 26.1 Å². The first kappa shape index (κ1) is 16.1. The lowest BCUT2D eigenvalue weighted by atomic mass is 9.97. The summed E-state index contributed by atoms with van der Waals surface area (Å²) in [7, 11) is 1.45. The van der Waals surface area contributed by atoms with Gasteiger partial charge in [-0.25, -0.2) is 0 Å². The number of likely N-dealkylation sites (tertiary alicyclic amines) is 1. The van der Waals surface area contributed by atoms with Gasteiger partial charge in [-0.3, -0.25) is 4.79 Å². The van der Waals surface area contributed by atoms with Crippen LogP contribution in [0, 0.1) is 5.92 Å². The summed E-state index contributed by atoms with van der Waals surface area (Å²) >= 11 is 3.49. The van der Waals surface area contributed by atoms with Gasteiger partial charge < -0.3 is 14.1 Å². The fourth-order valence-electron chi connectivity index (χ4n) is 2.89. The molecule has 2 aromatic rings. The average Bonchev–Trinajstić information content (AvgIpc) is 3.03. The van der Waals surface area contributed by atoms with Gasteiger partial charge in [0.25, 0.3) is 5.89 Å². The molecule has 23 heavy (non-hydrogen) atoms. The SMILES string of the molecule is COC(=O)C1CC[NH+](Cc2nnc(-c3ccccc3Br)o2)CC1. The van der Waals surface area contributed by atoms with E-state index in [1.54, 1.807) is 0 Å². The Morgan fingerprint density at radius 2 is 2.09 bits per heavy atom. The highest BCUT2D eigenvalue weighted by Gasteiger charge is 2.29. The lowest BCUT2D eigenvalue weighted by Crippen LogP contribution is -3.11. The van der Waals surface area contributed by atoms with E-state index in [0.717, 1.165) is 36.0 Å². The number of carbonyl (C=O) groups excluding carboxylic acids is 1. The van der Waals surface area contributed by atoms with E-state index in [-0.39, 0.29) is 11.9 Å². The molecule has 6 nitrogen and oxygen atoms in total. The van der Waals surface area contributed by atoms with Crippen LogP contribution in [0.5, 0.6) is 0 Å². The molecule has 1 aliphatic heterocycles. The number of hydrogen-bond acceptors (Lipinski definition) is 5. The van der Waals surface area contributed by atoms with Crippen molar-refractivity contribution in [2.24, 2.45) is 5.92 Å². The van der Waals surface area contributed by atoms with Crippen molar-refractivity contribution in [2.75, 3.05) is 20.2 Å². The Labute approximate surface area is 143 Å². The van der Waals surface area contributed by atoms with Gasteiger partial charge in [-0.1, -0.05) is 12.1 Å². The average molecular weight is 381 g/mol. The van der Waals surface area contributed by atoms with E-state index in [4.69, 9.17) is 9.15 Å². The van der Waals surface area contributed by atoms with Crippen LogP contribution < -0.4 is 4.90 Å². The number of esters is 1.